The SMILES string of the molecule is CN[C@@H]1CCC[C@H](OC2CC2)C1.Cl. The molecule has 0 aliphatic heterocycles. The molecule has 0 unspecified atom stereocenters. The molecule has 0 amide bonds. The van der Waals surface area contributed by atoms with Crippen LogP contribution in [-0.4, -0.2) is 25.3 Å². The average Bonchev–Trinajstić information content (AvgIpc) is 2.89. The van der Waals surface area contributed by atoms with E-state index < -0.39 is 0 Å². The second kappa shape index (κ2) is 5.18. The highest BCUT2D eigenvalue weighted by atomic mass is 35.5. The van der Waals surface area contributed by atoms with Gasteiger partial charge >= 0.3 is 0 Å². The highest BCUT2D eigenvalue weighted by Gasteiger charge is 2.29. The van der Waals surface area contributed by atoms with Gasteiger partial charge < -0.3 is 10.1 Å². The lowest BCUT2D eigenvalue weighted by atomic mass is 9.93. The maximum absolute atomic E-state index is 5.89. The predicted octanol–water partition coefficient (Wildman–Crippen LogP) is 2.12. The molecule has 2 fully saturated rings. The van der Waals surface area contributed by atoms with E-state index in [0.29, 0.717) is 18.2 Å². The first-order valence-corrected chi connectivity index (χ1v) is 5.21. The van der Waals surface area contributed by atoms with Crippen LogP contribution in [0, 0.1) is 0 Å². The van der Waals surface area contributed by atoms with E-state index >= 15 is 0 Å². The summed E-state index contributed by atoms with van der Waals surface area (Å²) in [6.45, 7) is 0. The minimum atomic E-state index is 0. The fourth-order valence-electron chi connectivity index (χ4n) is 2.01. The number of hydrogen-bond donors (Lipinski definition) is 1. The van der Waals surface area contributed by atoms with Crippen molar-refractivity contribution < 1.29 is 4.74 Å². The number of nitrogens with one attached hydrogen (secondary N) is 1. The van der Waals surface area contributed by atoms with Crippen molar-refractivity contribution in [3.8, 4) is 0 Å². The molecule has 2 rings (SSSR count). The van der Waals surface area contributed by atoms with Crippen LogP contribution in [0.25, 0.3) is 0 Å². The van der Waals surface area contributed by atoms with E-state index in [9.17, 15) is 0 Å². The normalized spacial score (nSPS) is 33.9. The number of halogens is 1. The topological polar surface area (TPSA) is 21.3 Å². The third-order valence-corrected chi connectivity index (χ3v) is 2.94. The van der Waals surface area contributed by atoms with E-state index in [0.717, 1.165) is 0 Å². The maximum atomic E-state index is 5.89. The van der Waals surface area contributed by atoms with Crippen LogP contribution in [0.1, 0.15) is 38.5 Å². The molecule has 2 aliphatic rings. The van der Waals surface area contributed by atoms with Crippen molar-refractivity contribution in [2.75, 3.05) is 7.05 Å². The van der Waals surface area contributed by atoms with Crippen LogP contribution in [0.2, 0.25) is 0 Å². The van der Waals surface area contributed by atoms with Crippen molar-refractivity contribution in [1.82, 2.24) is 5.32 Å². The maximum Gasteiger partial charge on any atom is 0.0593 e. The molecule has 0 aromatic heterocycles. The summed E-state index contributed by atoms with van der Waals surface area (Å²) in [6.07, 6.45) is 8.99. The van der Waals surface area contributed by atoms with E-state index in [-0.39, 0.29) is 12.4 Å². The van der Waals surface area contributed by atoms with Crippen molar-refractivity contribution in [2.24, 2.45) is 0 Å². The molecule has 0 spiro atoms. The molecule has 1 N–H and O–H groups in total. The Morgan fingerprint density at radius 3 is 2.46 bits per heavy atom. The summed E-state index contributed by atoms with van der Waals surface area (Å²) in [7, 11) is 2.06. The Hall–Kier alpha value is 0.210. The first kappa shape index (κ1) is 11.3. The van der Waals surface area contributed by atoms with Gasteiger partial charge in [0.25, 0.3) is 0 Å². The fraction of sp³-hybridized carbons (Fsp3) is 1.00. The zero-order valence-corrected chi connectivity index (χ0v) is 9.11. The number of hydrogen-bond acceptors (Lipinski definition) is 2. The van der Waals surface area contributed by atoms with Crippen LogP contribution < -0.4 is 5.32 Å². The zero-order chi connectivity index (χ0) is 8.39. The summed E-state index contributed by atoms with van der Waals surface area (Å²) >= 11 is 0. The minimum Gasteiger partial charge on any atom is -0.375 e. The monoisotopic (exact) mass is 205 g/mol. The largest absolute Gasteiger partial charge is 0.375 e. The third-order valence-electron chi connectivity index (χ3n) is 2.94. The van der Waals surface area contributed by atoms with Crippen molar-refractivity contribution >= 4 is 12.4 Å². The van der Waals surface area contributed by atoms with Crippen LogP contribution in [0.3, 0.4) is 0 Å². The van der Waals surface area contributed by atoms with Gasteiger partial charge in [0.1, 0.15) is 0 Å². The Labute approximate surface area is 86.8 Å². The average molecular weight is 206 g/mol. The van der Waals surface area contributed by atoms with E-state index in [1.807, 2.05) is 0 Å². The van der Waals surface area contributed by atoms with Gasteiger partial charge in [-0.2, -0.15) is 0 Å². The molecule has 2 saturated carbocycles. The van der Waals surface area contributed by atoms with Gasteiger partial charge in [0.2, 0.25) is 0 Å². The predicted molar refractivity (Wildman–Crippen MR) is 56.5 cm³/mol. The van der Waals surface area contributed by atoms with Gasteiger partial charge in [0, 0.05) is 6.04 Å². The molecule has 0 aromatic carbocycles. The molecule has 2 aliphatic carbocycles. The summed E-state index contributed by atoms with van der Waals surface area (Å²) in [5.41, 5.74) is 0. The van der Waals surface area contributed by atoms with E-state index in [2.05, 4.69) is 12.4 Å². The lowest BCUT2D eigenvalue weighted by Gasteiger charge is -2.28. The molecular formula is C10H20ClNO. The molecule has 0 bridgehead atoms. The number of ether oxygens (including phenoxy) is 1. The Morgan fingerprint density at radius 1 is 1.08 bits per heavy atom. The lowest BCUT2D eigenvalue weighted by Crippen LogP contribution is -2.35. The van der Waals surface area contributed by atoms with Gasteiger partial charge in [-0.1, -0.05) is 0 Å². The molecule has 0 radical (unpaired) electrons. The summed E-state index contributed by atoms with van der Waals surface area (Å²) in [4.78, 5) is 0. The lowest BCUT2D eigenvalue weighted by molar-refractivity contribution is 0.00897. The Bertz CT molecular complexity index is 150. The minimum absolute atomic E-state index is 0. The second-order valence-corrected chi connectivity index (χ2v) is 4.11. The van der Waals surface area contributed by atoms with Gasteiger partial charge in [-0.25, -0.2) is 0 Å². The standard InChI is InChI=1S/C10H19NO.ClH/c1-11-8-3-2-4-10(7-8)12-9-5-6-9;/h8-11H,2-7H2,1H3;1H/t8-,10+;/m1./s1. The molecule has 0 heterocycles. The van der Waals surface area contributed by atoms with Gasteiger partial charge in [-0.05, 0) is 45.6 Å². The molecular weight excluding hydrogens is 186 g/mol. The van der Waals surface area contributed by atoms with Crippen molar-refractivity contribution in [3.05, 3.63) is 0 Å². The van der Waals surface area contributed by atoms with E-state index in [1.54, 1.807) is 0 Å². The Balaban J connectivity index is 0.000000845. The number of rotatable bonds is 3. The van der Waals surface area contributed by atoms with E-state index in [1.165, 1.54) is 38.5 Å². The van der Waals surface area contributed by atoms with Gasteiger partial charge in [-0.15, -0.1) is 12.4 Å². The highest BCUT2D eigenvalue weighted by molar-refractivity contribution is 5.85. The van der Waals surface area contributed by atoms with Gasteiger partial charge in [0.05, 0.1) is 12.2 Å². The molecule has 2 atom stereocenters. The third kappa shape index (κ3) is 3.45. The molecule has 0 aromatic rings. The second-order valence-electron chi connectivity index (χ2n) is 4.11. The zero-order valence-electron chi connectivity index (χ0n) is 8.29. The first-order valence-electron chi connectivity index (χ1n) is 5.21. The Kier molecular flexibility index (Phi) is 4.50. The summed E-state index contributed by atoms with van der Waals surface area (Å²) in [5, 5.41) is 3.35. The van der Waals surface area contributed by atoms with Crippen LogP contribution in [0.5, 0.6) is 0 Å². The van der Waals surface area contributed by atoms with Crippen molar-refractivity contribution in [1.29, 1.82) is 0 Å². The van der Waals surface area contributed by atoms with Crippen molar-refractivity contribution in [3.63, 3.8) is 0 Å². The quantitative estimate of drug-likeness (QED) is 0.762. The van der Waals surface area contributed by atoms with Gasteiger partial charge in [0.15, 0.2) is 0 Å². The fourth-order valence-corrected chi connectivity index (χ4v) is 2.01. The van der Waals surface area contributed by atoms with Crippen LogP contribution in [-0.2, 0) is 4.74 Å². The highest BCUT2D eigenvalue weighted by Crippen LogP contribution is 2.30. The summed E-state index contributed by atoms with van der Waals surface area (Å²) < 4.78 is 5.89. The summed E-state index contributed by atoms with van der Waals surface area (Å²) in [5.74, 6) is 0. The Morgan fingerprint density at radius 2 is 1.85 bits per heavy atom. The van der Waals surface area contributed by atoms with Crippen LogP contribution >= 0.6 is 12.4 Å². The first-order chi connectivity index (χ1) is 5.88. The summed E-state index contributed by atoms with van der Waals surface area (Å²) in [6, 6.07) is 0.711. The van der Waals surface area contributed by atoms with Crippen molar-refractivity contribution in [2.45, 2.75) is 56.8 Å². The molecule has 0 saturated heterocycles. The molecule has 3 heteroatoms. The molecule has 78 valence electrons. The molecule has 2 nitrogen and oxygen atoms in total. The van der Waals surface area contributed by atoms with Crippen LogP contribution in [0.15, 0.2) is 0 Å². The van der Waals surface area contributed by atoms with Gasteiger partial charge in [-0.3, -0.25) is 0 Å². The smallest absolute Gasteiger partial charge is 0.0593 e. The van der Waals surface area contributed by atoms with Crippen LogP contribution in [0.4, 0.5) is 0 Å². The molecule has 13 heavy (non-hydrogen) atoms. The van der Waals surface area contributed by atoms with E-state index in [4.69, 9.17) is 4.74 Å².